The number of aryl methyl sites for hydroxylation is 1. The molecule has 3 atom stereocenters. The van der Waals surface area contributed by atoms with Crippen LogP contribution in [0.4, 0.5) is 5.69 Å². The van der Waals surface area contributed by atoms with Crippen molar-refractivity contribution in [1.29, 1.82) is 0 Å². The van der Waals surface area contributed by atoms with Gasteiger partial charge in [0.25, 0.3) is 0 Å². The molecule has 2 N–H and O–H groups in total. The highest BCUT2D eigenvalue weighted by Crippen LogP contribution is 2.39. The summed E-state index contributed by atoms with van der Waals surface area (Å²) in [4.78, 5) is 0. The summed E-state index contributed by atoms with van der Waals surface area (Å²) in [5.41, 5.74) is 3.60. The summed E-state index contributed by atoms with van der Waals surface area (Å²) in [6.07, 6.45) is 0.655. The predicted molar refractivity (Wildman–Crippen MR) is 57.9 cm³/mol. The molecule has 1 aromatic rings. The van der Waals surface area contributed by atoms with Crippen LogP contribution >= 0.6 is 0 Å². The SMILES string of the molecule is Cc1ccc2c(c1)[C@@H]1C[C@H](N2)[C@H](O)CO1. The third-order valence-electron chi connectivity index (χ3n) is 3.30. The summed E-state index contributed by atoms with van der Waals surface area (Å²) in [7, 11) is 0. The van der Waals surface area contributed by atoms with Crippen molar-refractivity contribution in [3.8, 4) is 0 Å². The molecule has 3 heteroatoms. The van der Waals surface area contributed by atoms with E-state index in [1.807, 2.05) is 0 Å². The maximum Gasteiger partial charge on any atom is 0.0975 e. The van der Waals surface area contributed by atoms with Crippen LogP contribution in [0, 0.1) is 6.92 Å². The van der Waals surface area contributed by atoms with E-state index < -0.39 is 0 Å². The second kappa shape index (κ2) is 3.22. The fourth-order valence-electron chi connectivity index (χ4n) is 2.44. The molecule has 0 aliphatic carbocycles. The number of anilines is 1. The van der Waals surface area contributed by atoms with E-state index in [0.717, 1.165) is 12.1 Å². The Balaban J connectivity index is 2.03. The van der Waals surface area contributed by atoms with Crippen molar-refractivity contribution in [3.63, 3.8) is 0 Å². The van der Waals surface area contributed by atoms with Crippen LogP contribution in [0.15, 0.2) is 18.2 Å². The van der Waals surface area contributed by atoms with Gasteiger partial charge in [0.05, 0.1) is 24.9 Å². The Hall–Kier alpha value is -1.06. The average molecular weight is 205 g/mol. The topological polar surface area (TPSA) is 41.5 Å². The fraction of sp³-hybridized carbons (Fsp3) is 0.500. The Bertz CT molecular complexity index is 391. The van der Waals surface area contributed by atoms with Crippen molar-refractivity contribution in [3.05, 3.63) is 29.3 Å². The quantitative estimate of drug-likeness (QED) is 0.676. The monoisotopic (exact) mass is 205 g/mol. The first-order chi connectivity index (χ1) is 7.24. The molecule has 0 saturated carbocycles. The summed E-state index contributed by atoms with van der Waals surface area (Å²) >= 11 is 0. The van der Waals surface area contributed by atoms with E-state index in [0.29, 0.717) is 6.61 Å². The molecule has 2 aliphatic heterocycles. The molecule has 2 heterocycles. The maximum absolute atomic E-state index is 9.71. The van der Waals surface area contributed by atoms with Gasteiger partial charge in [0, 0.05) is 17.7 Å². The zero-order chi connectivity index (χ0) is 10.4. The van der Waals surface area contributed by atoms with Gasteiger partial charge in [0.15, 0.2) is 0 Å². The van der Waals surface area contributed by atoms with Gasteiger partial charge in [-0.05, 0) is 13.0 Å². The van der Waals surface area contributed by atoms with Gasteiger partial charge in [-0.15, -0.1) is 0 Å². The van der Waals surface area contributed by atoms with E-state index >= 15 is 0 Å². The van der Waals surface area contributed by atoms with Crippen LogP contribution in [0.3, 0.4) is 0 Å². The number of ether oxygens (including phenoxy) is 1. The van der Waals surface area contributed by atoms with Crippen LogP contribution in [0.1, 0.15) is 23.7 Å². The largest absolute Gasteiger partial charge is 0.389 e. The van der Waals surface area contributed by atoms with Gasteiger partial charge >= 0.3 is 0 Å². The molecule has 0 aromatic heterocycles. The Labute approximate surface area is 89.1 Å². The van der Waals surface area contributed by atoms with Crippen molar-refractivity contribution in [1.82, 2.24) is 0 Å². The van der Waals surface area contributed by atoms with Gasteiger partial charge in [-0.1, -0.05) is 17.7 Å². The molecular formula is C12H15NO2. The van der Waals surface area contributed by atoms with Crippen LogP contribution in [-0.4, -0.2) is 23.9 Å². The standard InChI is InChI=1S/C12H15NO2/c1-7-2-3-9-8(4-7)12-5-10(13-9)11(14)6-15-12/h2-4,10-14H,5-6H2,1H3/t10-,11+,12-/m0/s1. The highest BCUT2D eigenvalue weighted by Gasteiger charge is 2.35. The molecule has 3 rings (SSSR count). The lowest BCUT2D eigenvalue weighted by molar-refractivity contribution is -0.0672. The van der Waals surface area contributed by atoms with Crippen molar-refractivity contribution < 1.29 is 9.84 Å². The smallest absolute Gasteiger partial charge is 0.0975 e. The molecule has 0 spiro atoms. The van der Waals surface area contributed by atoms with Crippen LogP contribution in [0.2, 0.25) is 0 Å². The number of hydrogen-bond acceptors (Lipinski definition) is 3. The van der Waals surface area contributed by atoms with Crippen LogP contribution < -0.4 is 5.32 Å². The molecule has 0 radical (unpaired) electrons. The van der Waals surface area contributed by atoms with Crippen LogP contribution in [0.5, 0.6) is 0 Å². The molecule has 0 unspecified atom stereocenters. The number of aliphatic hydroxyl groups excluding tert-OH is 1. The maximum atomic E-state index is 9.71. The lowest BCUT2D eigenvalue weighted by Crippen LogP contribution is -2.45. The third-order valence-corrected chi connectivity index (χ3v) is 3.30. The Morgan fingerprint density at radius 1 is 1.47 bits per heavy atom. The van der Waals surface area contributed by atoms with Gasteiger partial charge in [0.1, 0.15) is 0 Å². The fourth-order valence-corrected chi connectivity index (χ4v) is 2.44. The first-order valence-corrected chi connectivity index (χ1v) is 5.41. The molecule has 2 bridgehead atoms. The van der Waals surface area contributed by atoms with Gasteiger partial charge in [-0.2, -0.15) is 0 Å². The lowest BCUT2D eigenvalue weighted by Gasteiger charge is -2.40. The molecule has 1 aromatic carbocycles. The zero-order valence-corrected chi connectivity index (χ0v) is 8.73. The first-order valence-electron chi connectivity index (χ1n) is 5.41. The summed E-state index contributed by atoms with van der Waals surface area (Å²) < 4.78 is 5.65. The number of nitrogens with one attached hydrogen (secondary N) is 1. The van der Waals surface area contributed by atoms with E-state index in [2.05, 4.69) is 30.4 Å². The molecule has 3 nitrogen and oxygen atoms in total. The van der Waals surface area contributed by atoms with Crippen molar-refractivity contribution >= 4 is 5.69 Å². The van der Waals surface area contributed by atoms with Gasteiger partial charge in [-0.25, -0.2) is 0 Å². The van der Waals surface area contributed by atoms with Crippen LogP contribution in [0.25, 0.3) is 0 Å². The highest BCUT2D eigenvalue weighted by molar-refractivity contribution is 5.57. The van der Waals surface area contributed by atoms with Crippen LogP contribution in [-0.2, 0) is 4.74 Å². The molecule has 1 saturated heterocycles. The number of hydrogen-bond donors (Lipinski definition) is 2. The van der Waals surface area contributed by atoms with Crippen molar-refractivity contribution in [2.75, 3.05) is 11.9 Å². The summed E-state index contributed by atoms with van der Waals surface area (Å²) in [6, 6.07) is 6.48. The minimum Gasteiger partial charge on any atom is -0.389 e. The Kier molecular flexibility index (Phi) is 1.97. The van der Waals surface area contributed by atoms with Gasteiger partial charge < -0.3 is 15.2 Å². The molecule has 15 heavy (non-hydrogen) atoms. The molecular weight excluding hydrogens is 190 g/mol. The van der Waals surface area contributed by atoms with Crippen molar-refractivity contribution in [2.45, 2.75) is 31.6 Å². The summed E-state index contributed by atoms with van der Waals surface area (Å²) in [6.45, 7) is 2.53. The number of aliphatic hydroxyl groups is 1. The first kappa shape index (κ1) is 9.19. The summed E-state index contributed by atoms with van der Waals surface area (Å²) in [5, 5.41) is 13.1. The number of rotatable bonds is 0. The minimum absolute atomic E-state index is 0.152. The number of fused-ring (bicyclic) bond motifs is 4. The lowest BCUT2D eigenvalue weighted by atomic mass is 9.89. The van der Waals surface area contributed by atoms with Crippen molar-refractivity contribution in [2.24, 2.45) is 0 Å². The zero-order valence-electron chi connectivity index (χ0n) is 8.73. The third kappa shape index (κ3) is 1.43. The van der Waals surface area contributed by atoms with E-state index in [-0.39, 0.29) is 18.2 Å². The molecule has 2 aliphatic rings. The summed E-state index contributed by atoms with van der Waals surface area (Å²) in [5.74, 6) is 0. The van der Waals surface area contributed by atoms with E-state index in [1.54, 1.807) is 0 Å². The Morgan fingerprint density at radius 3 is 3.20 bits per heavy atom. The molecule has 1 fully saturated rings. The van der Waals surface area contributed by atoms with E-state index in [1.165, 1.54) is 11.1 Å². The molecule has 0 amide bonds. The van der Waals surface area contributed by atoms with Gasteiger partial charge in [-0.3, -0.25) is 0 Å². The Morgan fingerprint density at radius 2 is 2.33 bits per heavy atom. The number of benzene rings is 1. The second-order valence-corrected chi connectivity index (χ2v) is 4.47. The van der Waals surface area contributed by atoms with Gasteiger partial charge in [0.2, 0.25) is 0 Å². The minimum atomic E-state index is -0.379. The van der Waals surface area contributed by atoms with E-state index in [4.69, 9.17) is 4.74 Å². The average Bonchev–Trinajstić information content (AvgIpc) is 2.24. The highest BCUT2D eigenvalue weighted by atomic mass is 16.5. The molecule has 80 valence electrons. The normalized spacial score (nSPS) is 33.1. The van der Waals surface area contributed by atoms with E-state index in [9.17, 15) is 5.11 Å². The second-order valence-electron chi connectivity index (χ2n) is 4.47. The predicted octanol–water partition coefficient (Wildman–Crippen LogP) is 1.61.